The molecule has 0 amide bonds. The maximum atomic E-state index is 6.25. The van der Waals surface area contributed by atoms with E-state index in [4.69, 9.17) is 11.8 Å². The fourth-order valence-corrected chi connectivity index (χ4v) is 0.342. The molecular formula is C7H5CuLiN. The summed E-state index contributed by atoms with van der Waals surface area (Å²) in [6.07, 6.45) is 0. The maximum absolute atomic E-state index is 6.25. The predicted octanol–water partition coefficient (Wildman–Crippen LogP) is 1.20. The van der Waals surface area contributed by atoms with Gasteiger partial charge in [-0.05, 0) is 0 Å². The molecule has 0 heterocycles. The first-order chi connectivity index (χ1) is 4.00. The van der Waals surface area contributed by atoms with Crippen molar-refractivity contribution in [3.63, 3.8) is 0 Å². The molecule has 1 aromatic carbocycles. The van der Waals surface area contributed by atoms with Crippen LogP contribution in [-0.4, -0.2) is 18.9 Å². The van der Waals surface area contributed by atoms with Crippen LogP contribution in [0, 0.1) is 17.9 Å². The van der Waals surface area contributed by atoms with E-state index in [1.165, 1.54) is 0 Å². The Morgan fingerprint density at radius 1 is 1.00 bits per heavy atom. The first-order valence-corrected chi connectivity index (χ1v) is 2.13. The molecule has 0 atom stereocenters. The van der Waals surface area contributed by atoms with Crippen LogP contribution in [0.4, 0.5) is 0 Å². The number of hydrogen-bond donors (Lipinski definition) is 0. The monoisotopic (exact) mass is 173 g/mol. The van der Waals surface area contributed by atoms with Gasteiger partial charge in [-0.2, -0.15) is 36.4 Å². The van der Waals surface area contributed by atoms with Crippen LogP contribution >= 0.6 is 0 Å². The van der Waals surface area contributed by atoms with Crippen molar-refractivity contribution in [2.75, 3.05) is 0 Å². The summed E-state index contributed by atoms with van der Waals surface area (Å²) in [5.74, 6) is 0. The van der Waals surface area contributed by atoms with Crippen molar-refractivity contribution >= 4 is 18.9 Å². The second-order valence-electron chi connectivity index (χ2n) is 1.08. The average Bonchev–Trinajstić information content (AvgIpc) is 1.96. The maximum Gasteiger partial charge on any atom is 2.00 e. The van der Waals surface area contributed by atoms with Gasteiger partial charge < -0.3 is 11.8 Å². The van der Waals surface area contributed by atoms with Crippen molar-refractivity contribution in [1.29, 1.82) is 5.26 Å². The Balaban J connectivity index is -0.000000114. The number of nitrogens with zero attached hydrogens (tertiary/aromatic N) is 1. The molecule has 0 aliphatic heterocycles. The zero-order chi connectivity index (χ0) is 6.24. The molecule has 3 heteroatoms. The van der Waals surface area contributed by atoms with E-state index in [1.54, 1.807) is 0 Å². The van der Waals surface area contributed by atoms with Crippen LogP contribution in [0.15, 0.2) is 30.3 Å². The van der Waals surface area contributed by atoms with Gasteiger partial charge in [0.1, 0.15) is 0 Å². The quantitative estimate of drug-likeness (QED) is 0.427. The molecule has 0 aromatic heterocycles. The molecule has 1 rings (SSSR count). The Kier molecular flexibility index (Phi) is 26.2. The molecule has 0 saturated carbocycles. The van der Waals surface area contributed by atoms with E-state index in [1.807, 2.05) is 30.3 Å². The molecular weight excluding hydrogens is 169 g/mol. The van der Waals surface area contributed by atoms with Gasteiger partial charge in [-0.25, -0.2) is 0 Å². The number of benzene rings is 1. The third-order valence-corrected chi connectivity index (χ3v) is 0.607. The summed E-state index contributed by atoms with van der Waals surface area (Å²) in [6.45, 7) is 4.75. The smallest absolute Gasteiger partial charge is 0.512 e. The Morgan fingerprint density at radius 3 is 1.50 bits per heavy atom. The molecule has 0 spiro atoms. The molecule has 0 unspecified atom stereocenters. The van der Waals surface area contributed by atoms with E-state index >= 15 is 0 Å². The van der Waals surface area contributed by atoms with Crippen LogP contribution in [0.5, 0.6) is 0 Å². The first kappa shape index (κ1) is 16.4. The van der Waals surface area contributed by atoms with Gasteiger partial charge in [-0.1, -0.05) is 0 Å². The minimum Gasteiger partial charge on any atom is -0.512 e. The summed E-state index contributed by atoms with van der Waals surface area (Å²) in [4.78, 5) is 0. The normalized spacial score (nSPS) is 5.00. The summed E-state index contributed by atoms with van der Waals surface area (Å²) < 4.78 is 0. The first-order valence-electron chi connectivity index (χ1n) is 2.13. The van der Waals surface area contributed by atoms with Crippen molar-refractivity contribution in [3.8, 4) is 0 Å². The van der Waals surface area contributed by atoms with Crippen LogP contribution in [0.2, 0.25) is 0 Å². The molecule has 0 aliphatic rings. The number of rotatable bonds is 0. The van der Waals surface area contributed by atoms with Crippen molar-refractivity contribution in [2.45, 2.75) is 0 Å². The molecule has 0 fully saturated rings. The summed E-state index contributed by atoms with van der Waals surface area (Å²) in [6, 6.07) is 12.5. The standard InChI is InChI=1S/C6H5.CN.Cu.Li/c1-2-4-6-5-3-1;1-2;;/h1-5H;;;/q2*-1;+2;. The summed E-state index contributed by atoms with van der Waals surface area (Å²) in [5, 5.41) is 6.25. The van der Waals surface area contributed by atoms with Gasteiger partial charge in [-0.15, -0.1) is 0 Å². The van der Waals surface area contributed by atoms with Gasteiger partial charge in [0.05, 0.1) is 0 Å². The molecule has 10 heavy (non-hydrogen) atoms. The zero-order valence-corrected chi connectivity index (χ0v) is 6.58. The van der Waals surface area contributed by atoms with Gasteiger partial charge in [0, 0.05) is 18.9 Å². The third-order valence-electron chi connectivity index (χ3n) is 0.607. The molecule has 50 valence electrons. The fourth-order valence-electron chi connectivity index (χ4n) is 0.342. The van der Waals surface area contributed by atoms with Crippen LogP contribution in [0.1, 0.15) is 0 Å². The van der Waals surface area contributed by atoms with Gasteiger partial charge in [0.25, 0.3) is 0 Å². The predicted molar refractivity (Wildman–Crippen MR) is 36.0 cm³/mol. The van der Waals surface area contributed by atoms with Crippen molar-refractivity contribution < 1.29 is 17.1 Å². The molecule has 1 nitrogen and oxygen atoms in total. The molecule has 0 aliphatic carbocycles. The van der Waals surface area contributed by atoms with Crippen molar-refractivity contribution in [2.24, 2.45) is 0 Å². The second kappa shape index (κ2) is 15.9. The van der Waals surface area contributed by atoms with E-state index in [0.29, 0.717) is 0 Å². The Labute approximate surface area is 84.1 Å². The summed E-state index contributed by atoms with van der Waals surface area (Å²) in [5.41, 5.74) is 0. The zero-order valence-electron chi connectivity index (χ0n) is 5.64. The molecule has 2 radical (unpaired) electrons. The van der Waals surface area contributed by atoms with Gasteiger partial charge >= 0.3 is 17.1 Å². The van der Waals surface area contributed by atoms with Gasteiger partial charge in [0.15, 0.2) is 0 Å². The van der Waals surface area contributed by atoms with E-state index in [9.17, 15) is 0 Å². The summed E-state index contributed by atoms with van der Waals surface area (Å²) >= 11 is 0. The van der Waals surface area contributed by atoms with E-state index in [-0.39, 0.29) is 35.9 Å². The number of hydrogen-bond acceptors (Lipinski definition) is 1. The Morgan fingerprint density at radius 2 is 1.40 bits per heavy atom. The Hall–Kier alpha value is -0.173. The van der Waals surface area contributed by atoms with E-state index in [2.05, 4.69) is 6.07 Å². The second-order valence-corrected chi connectivity index (χ2v) is 1.08. The van der Waals surface area contributed by atoms with Crippen molar-refractivity contribution in [1.82, 2.24) is 0 Å². The van der Waals surface area contributed by atoms with Crippen LogP contribution < -0.4 is 0 Å². The van der Waals surface area contributed by atoms with Crippen LogP contribution in [0.3, 0.4) is 0 Å². The molecule has 0 N–H and O–H groups in total. The van der Waals surface area contributed by atoms with Crippen LogP contribution in [0.25, 0.3) is 0 Å². The minimum atomic E-state index is 0. The summed E-state index contributed by atoms with van der Waals surface area (Å²) in [7, 11) is 0. The third kappa shape index (κ3) is 10.7. The minimum absolute atomic E-state index is 0. The fraction of sp³-hybridized carbons (Fsp3) is 0. The largest absolute Gasteiger partial charge is 2.00 e. The van der Waals surface area contributed by atoms with E-state index < -0.39 is 0 Å². The Bertz CT molecular complexity index is 114. The molecule has 1 aromatic rings. The average molecular weight is 174 g/mol. The molecule has 0 saturated heterocycles. The van der Waals surface area contributed by atoms with E-state index in [0.717, 1.165) is 0 Å². The SMILES string of the molecule is [C-]#N.[Cu+2].[Li].[c-]1ccccc1. The van der Waals surface area contributed by atoms with Crippen molar-refractivity contribution in [3.05, 3.63) is 43.0 Å². The topological polar surface area (TPSA) is 23.8 Å². The molecule has 0 bridgehead atoms. The van der Waals surface area contributed by atoms with Crippen LogP contribution in [-0.2, 0) is 17.1 Å². The van der Waals surface area contributed by atoms with Gasteiger partial charge in [0.2, 0.25) is 0 Å². The van der Waals surface area contributed by atoms with Gasteiger partial charge in [-0.3, -0.25) is 0 Å².